The largest absolute Gasteiger partial charge is 0.494 e. The number of hydrogen-bond donors (Lipinski definition) is 2. The zero-order valence-electron chi connectivity index (χ0n) is 12.0. The summed E-state index contributed by atoms with van der Waals surface area (Å²) in [4.78, 5) is 1.93. The second-order valence-corrected chi connectivity index (χ2v) is 5.31. The molecule has 0 saturated heterocycles. The van der Waals surface area contributed by atoms with Crippen molar-refractivity contribution in [2.75, 3.05) is 34.3 Å². The Kier molecular flexibility index (Phi) is 5.72. The van der Waals surface area contributed by atoms with Gasteiger partial charge in [0, 0.05) is 19.6 Å². The van der Waals surface area contributed by atoms with Crippen molar-refractivity contribution >= 4 is 0 Å². The summed E-state index contributed by atoms with van der Waals surface area (Å²) in [7, 11) is 5.26. The van der Waals surface area contributed by atoms with Gasteiger partial charge in [0.05, 0.1) is 12.7 Å². The van der Waals surface area contributed by atoms with Gasteiger partial charge in [-0.1, -0.05) is 6.07 Å². The van der Waals surface area contributed by atoms with Gasteiger partial charge in [-0.2, -0.15) is 0 Å². The first-order chi connectivity index (χ1) is 8.84. The van der Waals surface area contributed by atoms with Gasteiger partial charge in [-0.25, -0.2) is 4.39 Å². The molecular weight excluding hydrogens is 247 g/mol. The lowest BCUT2D eigenvalue weighted by Gasteiger charge is -2.27. The maximum absolute atomic E-state index is 13.5. The molecule has 0 spiro atoms. The van der Waals surface area contributed by atoms with Gasteiger partial charge in [-0.05, 0) is 38.7 Å². The van der Waals surface area contributed by atoms with E-state index in [1.807, 2.05) is 19.0 Å². The molecule has 0 aliphatic rings. The van der Waals surface area contributed by atoms with E-state index in [0.717, 1.165) is 5.56 Å². The van der Waals surface area contributed by atoms with Crippen LogP contribution in [-0.2, 0) is 6.54 Å². The lowest BCUT2D eigenvalue weighted by Crippen LogP contribution is -2.45. The average molecular weight is 270 g/mol. The molecule has 1 unspecified atom stereocenters. The minimum Gasteiger partial charge on any atom is -0.494 e. The van der Waals surface area contributed by atoms with Gasteiger partial charge < -0.3 is 20.1 Å². The van der Waals surface area contributed by atoms with Crippen molar-refractivity contribution in [2.24, 2.45) is 0 Å². The summed E-state index contributed by atoms with van der Waals surface area (Å²) in [5, 5.41) is 13.2. The van der Waals surface area contributed by atoms with E-state index in [-0.39, 0.29) is 11.6 Å². The maximum atomic E-state index is 13.5. The fourth-order valence-corrected chi connectivity index (χ4v) is 2.03. The van der Waals surface area contributed by atoms with Crippen LogP contribution >= 0.6 is 0 Å². The number of likely N-dealkylation sites (N-methyl/N-ethyl adjacent to an activating group) is 1. The first-order valence-corrected chi connectivity index (χ1v) is 6.24. The van der Waals surface area contributed by atoms with Crippen LogP contribution < -0.4 is 10.1 Å². The lowest BCUT2D eigenvalue weighted by molar-refractivity contribution is 0.0336. The van der Waals surface area contributed by atoms with Crippen molar-refractivity contribution in [3.63, 3.8) is 0 Å². The molecule has 0 aliphatic carbocycles. The van der Waals surface area contributed by atoms with Crippen LogP contribution in [0, 0.1) is 5.82 Å². The summed E-state index contributed by atoms with van der Waals surface area (Å²) >= 11 is 0. The van der Waals surface area contributed by atoms with Gasteiger partial charge in [-0.3, -0.25) is 0 Å². The van der Waals surface area contributed by atoms with Gasteiger partial charge in [0.25, 0.3) is 0 Å². The number of benzene rings is 1. The summed E-state index contributed by atoms with van der Waals surface area (Å²) in [5.41, 5.74) is 0.00748. The smallest absolute Gasteiger partial charge is 0.165 e. The second kappa shape index (κ2) is 6.84. The molecule has 1 aromatic rings. The van der Waals surface area contributed by atoms with E-state index in [4.69, 9.17) is 4.74 Å². The number of rotatable bonds is 7. The van der Waals surface area contributed by atoms with Crippen LogP contribution in [-0.4, -0.2) is 49.9 Å². The summed E-state index contributed by atoms with van der Waals surface area (Å²) in [5.74, 6) is -0.134. The molecule has 2 N–H and O–H groups in total. The van der Waals surface area contributed by atoms with E-state index in [1.54, 1.807) is 19.1 Å². The van der Waals surface area contributed by atoms with Crippen LogP contribution in [0.5, 0.6) is 5.75 Å². The van der Waals surface area contributed by atoms with Crippen LogP contribution in [0.3, 0.4) is 0 Å². The van der Waals surface area contributed by atoms with E-state index in [0.29, 0.717) is 19.6 Å². The topological polar surface area (TPSA) is 44.7 Å². The monoisotopic (exact) mass is 270 g/mol. The van der Waals surface area contributed by atoms with Crippen LogP contribution in [0.1, 0.15) is 12.5 Å². The highest BCUT2D eigenvalue weighted by atomic mass is 19.1. The van der Waals surface area contributed by atoms with E-state index >= 15 is 0 Å². The van der Waals surface area contributed by atoms with Gasteiger partial charge in [0.1, 0.15) is 0 Å². The molecule has 0 heterocycles. The van der Waals surface area contributed by atoms with Crippen molar-refractivity contribution in [1.29, 1.82) is 0 Å². The molecule has 1 rings (SSSR count). The number of nitrogens with zero attached hydrogens (tertiary/aromatic N) is 1. The van der Waals surface area contributed by atoms with Crippen LogP contribution in [0.2, 0.25) is 0 Å². The molecule has 0 amide bonds. The van der Waals surface area contributed by atoms with Crippen molar-refractivity contribution in [3.8, 4) is 5.75 Å². The second-order valence-electron chi connectivity index (χ2n) is 5.31. The Hall–Kier alpha value is -1.17. The van der Waals surface area contributed by atoms with Gasteiger partial charge in [0.15, 0.2) is 11.6 Å². The highest BCUT2D eigenvalue weighted by Crippen LogP contribution is 2.17. The van der Waals surface area contributed by atoms with Crippen LogP contribution in [0.4, 0.5) is 4.39 Å². The summed E-state index contributed by atoms with van der Waals surface area (Å²) in [6, 6.07) is 4.84. The fourth-order valence-electron chi connectivity index (χ4n) is 2.03. The lowest BCUT2D eigenvalue weighted by atomic mass is 10.1. The molecule has 0 aliphatic heterocycles. The number of nitrogens with one attached hydrogen (secondary N) is 1. The summed E-state index contributed by atoms with van der Waals surface area (Å²) < 4.78 is 18.3. The minimum absolute atomic E-state index is 0.239. The number of ether oxygens (including phenoxy) is 1. The molecular formula is C14H23FN2O2. The normalized spacial score (nSPS) is 14.5. The predicted octanol–water partition coefficient (Wildman–Crippen LogP) is 1.24. The Morgan fingerprint density at radius 3 is 2.63 bits per heavy atom. The number of hydrogen-bond acceptors (Lipinski definition) is 4. The van der Waals surface area contributed by atoms with Crippen molar-refractivity contribution in [1.82, 2.24) is 10.2 Å². The molecule has 4 nitrogen and oxygen atoms in total. The molecule has 0 bridgehead atoms. The quantitative estimate of drug-likeness (QED) is 0.782. The van der Waals surface area contributed by atoms with E-state index in [9.17, 15) is 9.50 Å². The van der Waals surface area contributed by atoms with Crippen molar-refractivity contribution < 1.29 is 14.2 Å². The van der Waals surface area contributed by atoms with Gasteiger partial charge in [-0.15, -0.1) is 0 Å². The van der Waals surface area contributed by atoms with Gasteiger partial charge in [0.2, 0.25) is 0 Å². The van der Waals surface area contributed by atoms with E-state index < -0.39 is 5.60 Å². The third-order valence-corrected chi connectivity index (χ3v) is 2.71. The molecule has 19 heavy (non-hydrogen) atoms. The van der Waals surface area contributed by atoms with E-state index in [1.165, 1.54) is 13.2 Å². The van der Waals surface area contributed by atoms with Crippen molar-refractivity contribution in [2.45, 2.75) is 19.1 Å². The van der Waals surface area contributed by atoms with Crippen molar-refractivity contribution in [3.05, 3.63) is 29.6 Å². The van der Waals surface area contributed by atoms with Gasteiger partial charge >= 0.3 is 0 Å². The molecule has 0 radical (unpaired) electrons. The highest BCUT2D eigenvalue weighted by Gasteiger charge is 2.20. The predicted molar refractivity (Wildman–Crippen MR) is 73.8 cm³/mol. The Morgan fingerprint density at radius 2 is 2.11 bits per heavy atom. The molecule has 1 aromatic carbocycles. The molecule has 1 atom stereocenters. The highest BCUT2D eigenvalue weighted by molar-refractivity contribution is 5.29. The standard InChI is InChI=1S/C14H23FN2O2/c1-14(18,10-17(2)3)9-16-8-11-5-6-13(19-4)12(15)7-11/h5-7,16,18H,8-10H2,1-4H3. The van der Waals surface area contributed by atoms with Crippen LogP contribution in [0.15, 0.2) is 18.2 Å². The first kappa shape index (κ1) is 15.9. The third kappa shape index (κ3) is 5.55. The Balaban J connectivity index is 2.47. The zero-order valence-corrected chi connectivity index (χ0v) is 12.0. The molecule has 108 valence electrons. The number of methoxy groups -OCH3 is 1. The minimum atomic E-state index is -0.811. The summed E-state index contributed by atoms with van der Waals surface area (Å²) in [6.45, 7) is 3.29. The fraction of sp³-hybridized carbons (Fsp3) is 0.571. The third-order valence-electron chi connectivity index (χ3n) is 2.71. The average Bonchev–Trinajstić information content (AvgIpc) is 2.27. The number of halogens is 1. The molecule has 0 aromatic heterocycles. The zero-order chi connectivity index (χ0) is 14.5. The summed E-state index contributed by atoms with van der Waals surface area (Å²) in [6.07, 6.45) is 0. The first-order valence-electron chi connectivity index (χ1n) is 6.24. The molecule has 5 heteroatoms. The van der Waals surface area contributed by atoms with Crippen LogP contribution in [0.25, 0.3) is 0 Å². The Bertz CT molecular complexity index is 408. The Morgan fingerprint density at radius 1 is 1.42 bits per heavy atom. The maximum Gasteiger partial charge on any atom is 0.165 e. The molecule has 0 saturated carbocycles. The molecule has 0 fully saturated rings. The SMILES string of the molecule is COc1ccc(CNCC(C)(O)CN(C)C)cc1F. The Labute approximate surface area is 114 Å². The number of aliphatic hydroxyl groups is 1. The van der Waals surface area contributed by atoms with E-state index in [2.05, 4.69) is 5.32 Å².